The van der Waals surface area contributed by atoms with Crippen LogP contribution in [0, 0.1) is 12.8 Å². The minimum atomic E-state index is -2.74. The summed E-state index contributed by atoms with van der Waals surface area (Å²) in [4.78, 5) is 26.6. The van der Waals surface area contributed by atoms with E-state index in [4.69, 9.17) is 0 Å². The van der Waals surface area contributed by atoms with Gasteiger partial charge in [-0.2, -0.15) is 0 Å². The van der Waals surface area contributed by atoms with E-state index in [9.17, 15) is 13.6 Å². The Kier molecular flexibility index (Phi) is 9.36. The van der Waals surface area contributed by atoms with Crippen LogP contribution in [0.1, 0.15) is 44.6 Å². The van der Waals surface area contributed by atoms with Gasteiger partial charge in [-0.15, -0.1) is 23.1 Å². The smallest absolute Gasteiger partial charge is 0.295 e. The molecule has 1 atom stereocenters. The molecule has 0 aliphatic heterocycles. The van der Waals surface area contributed by atoms with E-state index >= 15 is 0 Å². The van der Waals surface area contributed by atoms with Crippen molar-refractivity contribution < 1.29 is 13.6 Å². The fraction of sp³-hybridized carbons (Fsp3) is 0.333. The van der Waals surface area contributed by atoms with Crippen molar-refractivity contribution in [3.63, 3.8) is 0 Å². The zero-order valence-corrected chi connectivity index (χ0v) is 25.4. The number of rotatable bonds is 8. The largest absolute Gasteiger partial charge is 0.353 e. The monoisotopic (exact) mass is 674 g/mol. The van der Waals surface area contributed by atoms with E-state index in [0.29, 0.717) is 22.7 Å². The van der Waals surface area contributed by atoms with Crippen LogP contribution >= 0.6 is 51.5 Å². The summed E-state index contributed by atoms with van der Waals surface area (Å²) in [7, 11) is 0. The molecule has 1 amide bonds. The molecule has 1 aliphatic carbocycles. The Hall–Kier alpha value is -1.89. The third kappa shape index (κ3) is 6.23. The third-order valence-corrected chi connectivity index (χ3v) is 9.30. The zero-order chi connectivity index (χ0) is 26.7. The Labute approximate surface area is 237 Å². The number of pyridine rings is 1. The number of imidazole rings is 1. The van der Waals surface area contributed by atoms with Crippen molar-refractivity contribution in [1.29, 1.82) is 0 Å². The highest BCUT2D eigenvalue weighted by atomic mass is 127. The summed E-state index contributed by atoms with van der Waals surface area (Å²) in [6.45, 7) is 5.96. The summed E-state index contributed by atoms with van der Waals surface area (Å²) in [6, 6.07) is 7.63. The molecule has 1 saturated carbocycles. The van der Waals surface area contributed by atoms with E-state index in [1.54, 1.807) is 29.2 Å². The van der Waals surface area contributed by atoms with E-state index in [-0.39, 0.29) is 24.0 Å². The highest BCUT2D eigenvalue weighted by Crippen LogP contribution is 2.40. The second-order valence-electron chi connectivity index (χ2n) is 8.02. The second kappa shape index (κ2) is 12.3. The van der Waals surface area contributed by atoms with Crippen LogP contribution in [0.5, 0.6) is 0 Å². The van der Waals surface area contributed by atoms with Crippen molar-refractivity contribution in [2.45, 2.75) is 44.9 Å². The number of carbonyl (C=O) groups excluding carboxylic acids is 1. The van der Waals surface area contributed by atoms with E-state index in [1.165, 1.54) is 4.34 Å². The van der Waals surface area contributed by atoms with Gasteiger partial charge >= 0.3 is 0 Å². The lowest BCUT2D eigenvalue weighted by molar-refractivity contribution is -0.117. The first-order valence-electron chi connectivity index (χ1n) is 11.6. The Morgan fingerprint density at radius 3 is 2.57 bits per heavy atom. The highest BCUT2D eigenvalue weighted by molar-refractivity contribution is 14.2. The summed E-state index contributed by atoms with van der Waals surface area (Å²) < 4.78 is 28.9. The average Bonchev–Trinajstić information content (AvgIpc) is 3.56. The molecule has 0 radical (unpaired) electrons. The summed E-state index contributed by atoms with van der Waals surface area (Å²) in [5.74, 6) is -0.141. The zero-order valence-electron chi connectivity index (χ0n) is 20.6. The van der Waals surface area contributed by atoms with Gasteiger partial charge in [-0.05, 0) is 66.3 Å². The van der Waals surface area contributed by atoms with Gasteiger partial charge in [0.2, 0.25) is 5.91 Å². The molecule has 3 aromatic heterocycles. The van der Waals surface area contributed by atoms with Gasteiger partial charge < -0.3 is 10.6 Å². The summed E-state index contributed by atoms with van der Waals surface area (Å²) in [6.07, 6.45) is 0.909. The number of alkyl halides is 2. The second-order valence-corrected chi connectivity index (χ2v) is 11.8. The number of aromatic nitrogens is 4. The van der Waals surface area contributed by atoms with E-state index in [0.717, 1.165) is 39.7 Å². The molecule has 1 aliphatic rings. The molecular formula is C24H26F2IN6OPS2. The van der Waals surface area contributed by atoms with Crippen LogP contribution in [0.25, 0.3) is 21.7 Å². The number of nitrogens with one attached hydrogen (secondary N) is 2. The van der Waals surface area contributed by atoms with Crippen LogP contribution in [0.2, 0.25) is 0 Å². The fourth-order valence-electron chi connectivity index (χ4n) is 3.59. The SMILES string of the molecule is CC.CSc1cc(-c2nc(C)cs2)ccc1Nc1cc(NC(=O)C2CC2)nc2c1nc(C(F)F)n2PI. The topological polar surface area (TPSA) is 84.7 Å². The molecule has 196 valence electrons. The molecule has 4 aromatic rings. The molecule has 0 saturated heterocycles. The molecule has 0 bridgehead atoms. The quantitative estimate of drug-likeness (QED) is 0.111. The molecule has 37 heavy (non-hydrogen) atoms. The number of aryl methyl sites for hydroxylation is 1. The van der Waals surface area contributed by atoms with Crippen LogP contribution in [-0.2, 0) is 4.79 Å². The van der Waals surface area contributed by atoms with Gasteiger partial charge in [0.15, 0.2) is 11.5 Å². The predicted octanol–water partition coefficient (Wildman–Crippen LogP) is 8.43. The van der Waals surface area contributed by atoms with Gasteiger partial charge in [-0.25, -0.2) is 23.7 Å². The van der Waals surface area contributed by atoms with E-state index < -0.39 is 6.43 Å². The Morgan fingerprint density at radius 2 is 1.97 bits per heavy atom. The molecule has 1 fully saturated rings. The van der Waals surface area contributed by atoms with Crippen molar-refractivity contribution in [3.8, 4) is 10.6 Å². The van der Waals surface area contributed by atoms with Crippen LogP contribution in [0.4, 0.5) is 26.0 Å². The molecule has 3 heterocycles. The number of fused-ring (bicyclic) bond motifs is 1. The number of amides is 1. The molecule has 5 rings (SSSR count). The Bertz CT molecular complexity index is 1430. The average molecular weight is 675 g/mol. The lowest BCUT2D eigenvalue weighted by Crippen LogP contribution is -2.14. The van der Waals surface area contributed by atoms with Gasteiger partial charge in [0.05, 0.1) is 17.7 Å². The first-order chi connectivity index (χ1) is 17.9. The van der Waals surface area contributed by atoms with Crippen LogP contribution in [0.15, 0.2) is 34.5 Å². The lowest BCUT2D eigenvalue weighted by atomic mass is 10.2. The van der Waals surface area contributed by atoms with Gasteiger partial charge in [-0.3, -0.25) is 9.13 Å². The minimum absolute atomic E-state index is 0.0120. The lowest BCUT2D eigenvalue weighted by Gasteiger charge is -2.14. The normalized spacial score (nSPS) is 13.3. The molecule has 2 N–H and O–H groups in total. The van der Waals surface area contributed by atoms with Crippen molar-refractivity contribution in [2.75, 3.05) is 16.9 Å². The van der Waals surface area contributed by atoms with Gasteiger partial charge in [0.25, 0.3) is 6.43 Å². The molecular weight excluding hydrogens is 648 g/mol. The highest BCUT2D eigenvalue weighted by Gasteiger charge is 2.30. The number of carbonyl (C=O) groups is 1. The van der Waals surface area contributed by atoms with E-state index in [1.807, 2.05) is 66.6 Å². The summed E-state index contributed by atoms with van der Waals surface area (Å²) in [5.41, 5.74) is 3.92. The van der Waals surface area contributed by atoms with Crippen LogP contribution < -0.4 is 10.6 Å². The summed E-state index contributed by atoms with van der Waals surface area (Å²) >= 11 is 5.18. The van der Waals surface area contributed by atoms with Crippen LogP contribution in [0.3, 0.4) is 0 Å². The number of halogens is 3. The number of hydrogen-bond donors (Lipinski definition) is 2. The fourth-order valence-corrected chi connectivity index (χ4v) is 6.86. The molecule has 1 aromatic carbocycles. The third-order valence-electron chi connectivity index (χ3n) is 5.46. The van der Waals surface area contributed by atoms with Gasteiger partial charge in [0, 0.05) is 33.5 Å². The maximum Gasteiger partial charge on any atom is 0.295 e. The maximum atomic E-state index is 13.8. The van der Waals surface area contributed by atoms with Crippen molar-refractivity contribution in [2.24, 2.45) is 5.92 Å². The number of thioether (sulfide) groups is 1. The number of nitrogens with zero attached hydrogens (tertiary/aromatic N) is 4. The number of hydrogen-bond acceptors (Lipinski definition) is 7. The first-order valence-corrected chi connectivity index (χ1v) is 17.8. The number of benzene rings is 1. The molecule has 1 unspecified atom stereocenters. The first kappa shape index (κ1) is 28.1. The summed E-state index contributed by atoms with van der Waals surface area (Å²) in [5, 5.41) is 9.15. The molecule has 0 spiro atoms. The van der Waals surface area contributed by atoms with Gasteiger partial charge in [0.1, 0.15) is 16.3 Å². The Balaban J connectivity index is 0.00000156. The predicted molar refractivity (Wildman–Crippen MR) is 160 cm³/mol. The minimum Gasteiger partial charge on any atom is -0.353 e. The number of anilines is 3. The maximum absolute atomic E-state index is 13.8. The Morgan fingerprint density at radius 1 is 1.22 bits per heavy atom. The molecule has 13 heteroatoms. The van der Waals surface area contributed by atoms with Crippen molar-refractivity contribution >= 4 is 85.8 Å². The van der Waals surface area contributed by atoms with Crippen molar-refractivity contribution in [3.05, 3.63) is 41.2 Å². The van der Waals surface area contributed by atoms with Crippen LogP contribution in [-0.4, -0.2) is 31.5 Å². The number of thiazole rings is 1. The standard InChI is InChI=1S/C22H20F2IN6OPS2.C2H6/c1-10-9-35-22(26-10)12-5-6-13(15(7-12)34-2)27-14-8-16(29-21(32)11-3-4-11)28-19-17(14)30-20(18(23)24)31(19)33-25;1-2/h5-9,11,18,33H,3-4H2,1-2H3,(H2,27,28,29,32);1-2H3. The van der Waals surface area contributed by atoms with Gasteiger partial charge in [-0.1, -0.05) is 13.8 Å². The van der Waals surface area contributed by atoms with Crippen molar-refractivity contribution in [1.82, 2.24) is 19.3 Å². The molecule has 7 nitrogen and oxygen atoms in total. The van der Waals surface area contributed by atoms with E-state index in [2.05, 4.69) is 31.7 Å².